The maximum Gasteiger partial charge on any atom is 0.282 e. The van der Waals surface area contributed by atoms with Gasteiger partial charge in [0, 0.05) is 17.7 Å². The molecule has 30 heavy (non-hydrogen) atoms. The van der Waals surface area contributed by atoms with E-state index in [9.17, 15) is 17.2 Å². The Hall–Kier alpha value is -2.49. The van der Waals surface area contributed by atoms with Crippen molar-refractivity contribution in [2.45, 2.75) is 17.7 Å². The molecule has 0 bridgehead atoms. The second kappa shape index (κ2) is 9.11. The van der Waals surface area contributed by atoms with Gasteiger partial charge in [-0.2, -0.15) is 5.10 Å². The number of aromatic amines is 1. The summed E-state index contributed by atoms with van der Waals surface area (Å²) in [5.74, 6) is 0.222. The Morgan fingerprint density at radius 3 is 2.40 bits per heavy atom. The van der Waals surface area contributed by atoms with Crippen molar-refractivity contribution >= 4 is 21.4 Å². The fraction of sp³-hybridized carbons (Fsp3) is 0.250. The largest absolute Gasteiger partial charge is 0.495 e. The van der Waals surface area contributed by atoms with Crippen LogP contribution < -0.4 is 4.74 Å². The normalized spacial score (nSPS) is 11.8. The second-order valence-electron chi connectivity index (χ2n) is 6.43. The smallest absolute Gasteiger partial charge is 0.282 e. The van der Waals surface area contributed by atoms with Crippen LogP contribution in [-0.2, 0) is 9.84 Å². The number of benzene rings is 2. The van der Waals surface area contributed by atoms with Crippen LogP contribution in [0.2, 0.25) is 5.02 Å². The predicted molar refractivity (Wildman–Crippen MR) is 110 cm³/mol. The minimum absolute atomic E-state index is 0.0855. The summed E-state index contributed by atoms with van der Waals surface area (Å²) in [5.41, 5.74) is 0.944. The molecular formula is C20H19ClF2N2O4S. The number of nitrogens with zero attached hydrogens (tertiary/aromatic N) is 1. The van der Waals surface area contributed by atoms with Crippen LogP contribution in [0, 0.1) is 0 Å². The molecule has 0 aliphatic rings. The molecule has 160 valence electrons. The minimum atomic E-state index is -3.54. The van der Waals surface area contributed by atoms with E-state index in [-0.39, 0.29) is 34.3 Å². The Balaban J connectivity index is 2.06. The lowest BCUT2D eigenvalue weighted by atomic mass is 9.99. The van der Waals surface area contributed by atoms with E-state index in [1.165, 1.54) is 37.4 Å². The molecule has 1 heterocycles. The van der Waals surface area contributed by atoms with E-state index in [0.29, 0.717) is 22.6 Å². The molecule has 0 fully saturated rings. The summed E-state index contributed by atoms with van der Waals surface area (Å²) in [6.45, 7) is -0.227. The number of ether oxygens (including phenoxy) is 1. The highest BCUT2D eigenvalue weighted by Crippen LogP contribution is 2.40. The average Bonchev–Trinajstić information content (AvgIpc) is 3.18. The van der Waals surface area contributed by atoms with Crippen molar-refractivity contribution in [1.29, 1.82) is 0 Å². The van der Waals surface area contributed by atoms with E-state index in [1.807, 2.05) is 0 Å². The Morgan fingerprint density at radius 2 is 1.83 bits per heavy atom. The Morgan fingerprint density at radius 1 is 1.17 bits per heavy atom. The molecule has 6 nitrogen and oxygen atoms in total. The number of rotatable bonds is 8. The van der Waals surface area contributed by atoms with Gasteiger partial charge in [0.1, 0.15) is 11.4 Å². The highest BCUT2D eigenvalue weighted by molar-refractivity contribution is 7.91. The summed E-state index contributed by atoms with van der Waals surface area (Å²) in [6, 6.07) is 10.5. The number of halogens is 3. The van der Waals surface area contributed by atoms with E-state index < -0.39 is 22.0 Å². The Kier molecular flexibility index (Phi) is 6.74. The molecule has 0 saturated heterocycles. The standard InChI is InChI=1S/C20H19ClF2N2O4S/c1-29-16-8-5-13(11-15(16)21)17-18(24-25-19(17)20(22)23)12-3-6-14(7-4-12)30(27,28)10-2-9-26/h3-8,11,20,26H,2,9-10H2,1H3,(H,24,25). The van der Waals surface area contributed by atoms with E-state index in [4.69, 9.17) is 21.4 Å². The predicted octanol–water partition coefficient (Wildman–Crippen LogP) is 4.50. The molecule has 3 aromatic rings. The number of alkyl halides is 2. The van der Waals surface area contributed by atoms with Crippen LogP contribution in [0.3, 0.4) is 0 Å². The van der Waals surface area contributed by atoms with Crippen LogP contribution in [0.15, 0.2) is 47.4 Å². The van der Waals surface area contributed by atoms with Crippen LogP contribution in [0.25, 0.3) is 22.4 Å². The fourth-order valence-corrected chi connectivity index (χ4v) is 4.59. The van der Waals surface area contributed by atoms with E-state index in [2.05, 4.69) is 10.2 Å². The molecule has 0 aliphatic carbocycles. The zero-order valence-electron chi connectivity index (χ0n) is 15.9. The molecule has 0 spiro atoms. The van der Waals surface area contributed by atoms with Crippen molar-refractivity contribution in [3.05, 3.63) is 53.2 Å². The molecule has 2 N–H and O–H groups in total. The molecule has 0 radical (unpaired) electrons. The molecule has 0 amide bonds. The van der Waals surface area contributed by atoms with Gasteiger partial charge in [-0.3, -0.25) is 5.10 Å². The Bertz CT molecular complexity index is 1130. The quantitative estimate of drug-likeness (QED) is 0.520. The zero-order chi connectivity index (χ0) is 21.9. The monoisotopic (exact) mass is 456 g/mol. The van der Waals surface area contributed by atoms with Crippen molar-refractivity contribution < 1.29 is 27.0 Å². The van der Waals surface area contributed by atoms with Gasteiger partial charge in [-0.15, -0.1) is 0 Å². The highest BCUT2D eigenvalue weighted by atomic mass is 35.5. The first kappa shape index (κ1) is 22.2. The van der Waals surface area contributed by atoms with Crippen molar-refractivity contribution in [3.63, 3.8) is 0 Å². The first-order valence-electron chi connectivity index (χ1n) is 8.93. The number of nitrogens with one attached hydrogen (secondary N) is 1. The van der Waals surface area contributed by atoms with Crippen LogP contribution in [0.5, 0.6) is 5.75 Å². The Labute approximate surface area is 177 Å². The van der Waals surface area contributed by atoms with E-state index >= 15 is 0 Å². The van der Waals surface area contributed by atoms with Gasteiger partial charge < -0.3 is 9.84 Å². The SMILES string of the molecule is COc1ccc(-c2c(C(F)F)n[nH]c2-c2ccc(S(=O)(=O)CCCO)cc2)cc1Cl. The third kappa shape index (κ3) is 4.48. The van der Waals surface area contributed by atoms with Crippen molar-refractivity contribution in [1.82, 2.24) is 10.2 Å². The summed E-state index contributed by atoms with van der Waals surface area (Å²) < 4.78 is 56.8. The number of hydrogen-bond acceptors (Lipinski definition) is 5. The van der Waals surface area contributed by atoms with Gasteiger partial charge in [0.15, 0.2) is 9.84 Å². The van der Waals surface area contributed by atoms with Gasteiger partial charge in [0.2, 0.25) is 0 Å². The van der Waals surface area contributed by atoms with E-state index in [1.54, 1.807) is 12.1 Å². The molecule has 2 aromatic carbocycles. The third-order valence-corrected chi connectivity index (χ3v) is 6.63. The number of hydrogen-bond donors (Lipinski definition) is 2. The zero-order valence-corrected chi connectivity index (χ0v) is 17.5. The van der Waals surface area contributed by atoms with Crippen LogP contribution in [0.1, 0.15) is 18.5 Å². The molecule has 1 aromatic heterocycles. The van der Waals surface area contributed by atoms with Crippen molar-refractivity contribution in [3.8, 4) is 28.1 Å². The van der Waals surface area contributed by atoms with Gasteiger partial charge in [-0.25, -0.2) is 17.2 Å². The van der Waals surface area contributed by atoms with Crippen LogP contribution in [-0.4, -0.2) is 43.2 Å². The maximum atomic E-state index is 13.6. The third-order valence-electron chi connectivity index (χ3n) is 4.51. The summed E-state index contributed by atoms with van der Waals surface area (Å²) in [7, 11) is -2.09. The number of sulfone groups is 1. The molecule has 10 heteroatoms. The number of methoxy groups -OCH3 is 1. The molecular weight excluding hydrogens is 438 g/mol. The van der Waals surface area contributed by atoms with Gasteiger partial charge >= 0.3 is 0 Å². The lowest BCUT2D eigenvalue weighted by molar-refractivity contribution is 0.146. The molecule has 3 rings (SSSR count). The lowest BCUT2D eigenvalue weighted by Gasteiger charge is -2.10. The summed E-state index contributed by atoms with van der Waals surface area (Å²) in [4.78, 5) is 0.0855. The number of aliphatic hydroxyl groups excluding tert-OH is 1. The first-order valence-corrected chi connectivity index (χ1v) is 11.0. The summed E-state index contributed by atoms with van der Waals surface area (Å²) >= 11 is 6.16. The van der Waals surface area contributed by atoms with Crippen molar-refractivity contribution in [2.75, 3.05) is 19.5 Å². The lowest BCUT2D eigenvalue weighted by Crippen LogP contribution is -2.08. The van der Waals surface area contributed by atoms with Gasteiger partial charge in [-0.05, 0) is 36.2 Å². The van der Waals surface area contributed by atoms with Crippen LogP contribution >= 0.6 is 11.6 Å². The number of aromatic nitrogens is 2. The minimum Gasteiger partial charge on any atom is -0.495 e. The fourth-order valence-electron chi connectivity index (χ4n) is 3.04. The summed E-state index contributed by atoms with van der Waals surface area (Å²) in [6.07, 6.45) is -2.70. The number of H-pyrrole nitrogens is 1. The summed E-state index contributed by atoms with van der Waals surface area (Å²) in [5, 5.41) is 15.5. The van der Waals surface area contributed by atoms with Gasteiger partial charge in [0.25, 0.3) is 6.43 Å². The van der Waals surface area contributed by atoms with E-state index in [0.717, 1.165) is 0 Å². The first-order chi connectivity index (χ1) is 14.3. The highest BCUT2D eigenvalue weighted by Gasteiger charge is 2.24. The van der Waals surface area contributed by atoms with Gasteiger partial charge in [-0.1, -0.05) is 29.8 Å². The number of aliphatic hydroxyl groups is 1. The van der Waals surface area contributed by atoms with Gasteiger partial charge in [0.05, 0.1) is 28.5 Å². The van der Waals surface area contributed by atoms with Crippen molar-refractivity contribution in [2.24, 2.45) is 0 Å². The average molecular weight is 457 g/mol. The molecule has 0 unspecified atom stereocenters. The molecule has 0 atom stereocenters. The maximum absolute atomic E-state index is 13.6. The van der Waals surface area contributed by atoms with Crippen LogP contribution in [0.4, 0.5) is 8.78 Å². The molecule has 0 aliphatic heterocycles. The molecule has 0 saturated carbocycles. The second-order valence-corrected chi connectivity index (χ2v) is 8.95. The topological polar surface area (TPSA) is 92.3 Å².